The maximum absolute atomic E-state index is 10.3. The quantitative estimate of drug-likeness (QED) is 0.443. The van der Waals surface area contributed by atoms with Crippen molar-refractivity contribution >= 4 is 0 Å². The average Bonchev–Trinajstić information content (AvgIpc) is 3.08. The van der Waals surface area contributed by atoms with Gasteiger partial charge in [0.15, 0.2) is 12.1 Å². The van der Waals surface area contributed by atoms with Crippen molar-refractivity contribution < 1.29 is 29.2 Å². The zero-order chi connectivity index (χ0) is 19.7. The Kier molecular flexibility index (Phi) is 9.97. The molecule has 27 heavy (non-hydrogen) atoms. The molecule has 0 radical (unpaired) electrons. The highest BCUT2D eigenvalue weighted by Crippen LogP contribution is 2.38. The molecule has 0 aromatic heterocycles. The van der Waals surface area contributed by atoms with Crippen LogP contribution in [0.5, 0.6) is 0 Å². The van der Waals surface area contributed by atoms with E-state index in [-0.39, 0.29) is 6.61 Å². The van der Waals surface area contributed by atoms with Gasteiger partial charge >= 0.3 is 0 Å². The van der Waals surface area contributed by atoms with Crippen LogP contribution < -0.4 is 0 Å². The highest BCUT2D eigenvalue weighted by atomic mass is 16.8. The number of aliphatic hydroxyl groups excluding tert-OH is 2. The van der Waals surface area contributed by atoms with Gasteiger partial charge < -0.3 is 29.2 Å². The molecular formula is C21H40O6. The van der Waals surface area contributed by atoms with E-state index in [2.05, 4.69) is 6.92 Å². The summed E-state index contributed by atoms with van der Waals surface area (Å²) in [6.07, 6.45) is 9.13. The summed E-state index contributed by atoms with van der Waals surface area (Å²) in [6, 6.07) is 0. The summed E-state index contributed by atoms with van der Waals surface area (Å²) in [4.78, 5) is 0. The highest BCUT2D eigenvalue weighted by Gasteiger charge is 2.55. The maximum Gasteiger partial charge on any atom is 0.190 e. The van der Waals surface area contributed by atoms with E-state index in [4.69, 9.17) is 18.9 Å². The molecule has 0 saturated carbocycles. The summed E-state index contributed by atoms with van der Waals surface area (Å²) in [6.45, 7) is 6.59. The van der Waals surface area contributed by atoms with Crippen molar-refractivity contribution in [3.63, 3.8) is 0 Å². The van der Waals surface area contributed by atoms with Gasteiger partial charge in [0.1, 0.15) is 24.4 Å². The molecule has 2 saturated heterocycles. The van der Waals surface area contributed by atoms with Crippen molar-refractivity contribution in [1.82, 2.24) is 0 Å². The Morgan fingerprint density at radius 2 is 1.52 bits per heavy atom. The fourth-order valence-electron chi connectivity index (χ4n) is 3.82. The lowest BCUT2D eigenvalue weighted by Crippen LogP contribution is -2.42. The number of unbranched alkanes of at least 4 members (excludes halogenated alkanes) is 9. The SMILES string of the molecule is CCCCCCCCCCCCOC[C@@H](O)[C@H]1O[C@@H]2OC(C)(C)O[C@@H]2[C@H]1O. The van der Waals surface area contributed by atoms with Gasteiger partial charge in [0.25, 0.3) is 0 Å². The lowest BCUT2D eigenvalue weighted by Gasteiger charge is -2.25. The Bertz CT molecular complexity index is 402. The predicted octanol–water partition coefficient (Wildman–Crippen LogP) is 3.52. The summed E-state index contributed by atoms with van der Waals surface area (Å²) in [5.41, 5.74) is 0. The number of aliphatic hydroxyl groups is 2. The molecule has 0 aromatic carbocycles. The maximum atomic E-state index is 10.3. The van der Waals surface area contributed by atoms with Gasteiger partial charge in [-0.25, -0.2) is 0 Å². The number of hydrogen-bond acceptors (Lipinski definition) is 6. The molecule has 0 bridgehead atoms. The first-order valence-corrected chi connectivity index (χ1v) is 10.9. The molecule has 160 valence electrons. The van der Waals surface area contributed by atoms with Gasteiger partial charge in [-0.15, -0.1) is 0 Å². The molecule has 2 rings (SSSR count). The molecule has 0 aliphatic carbocycles. The summed E-state index contributed by atoms with van der Waals surface area (Å²) in [7, 11) is 0. The normalized spacial score (nSPS) is 30.6. The molecule has 0 unspecified atom stereocenters. The summed E-state index contributed by atoms with van der Waals surface area (Å²) >= 11 is 0. The fourth-order valence-corrected chi connectivity index (χ4v) is 3.82. The lowest BCUT2D eigenvalue weighted by molar-refractivity contribution is -0.228. The number of ether oxygens (including phenoxy) is 4. The average molecular weight is 389 g/mol. The Hall–Kier alpha value is -0.240. The van der Waals surface area contributed by atoms with Crippen molar-refractivity contribution in [2.75, 3.05) is 13.2 Å². The van der Waals surface area contributed by atoms with Crippen molar-refractivity contribution in [3.05, 3.63) is 0 Å². The molecular weight excluding hydrogens is 348 g/mol. The minimum absolute atomic E-state index is 0.155. The van der Waals surface area contributed by atoms with Crippen molar-refractivity contribution in [2.45, 2.75) is 121 Å². The second kappa shape index (κ2) is 11.7. The Labute approximate surface area is 164 Å². The molecule has 2 aliphatic rings. The molecule has 2 fully saturated rings. The number of rotatable bonds is 14. The van der Waals surface area contributed by atoms with Crippen molar-refractivity contribution in [3.8, 4) is 0 Å². The lowest BCUT2D eigenvalue weighted by atomic mass is 10.1. The smallest absolute Gasteiger partial charge is 0.190 e. The minimum atomic E-state index is -0.910. The molecule has 0 spiro atoms. The van der Waals surface area contributed by atoms with Gasteiger partial charge in [0.05, 0.1) is 6.61 Å². The third kappa shape index (κ3) is 7.59. The van der Waals surface area contributed by atoms with Crippen LogP contribution in [0.3, 0.4) is 0 Å². The molecule has 0 amide bonds. The molecule has 6 heteroatoms. The van der Waals surface area contributed by atoms with Crippen LogP contribution in [0, 0.1) is 0 Å². The fraction of sp³-hybridized carbons (Fsp3) is 1.00. The summed E-state index contributed by atoms with van der Waals surface area (Å²) in [5, 5.41) is 20.6. The highest BCUT2D eigenvalue weighted by molar-refractivity contribution is 4.95. The van der Waals surface area contributed by atoms with Crippen LogP contribution in [-0.4, -0.2) is 59.9 Å². The zero-order valence-corrected chi connectivity index (χ0v) is 17.4. The molecule has 6 nitrogen and oxygen atoms in total. The topological polar surface area (TPSA) is 77.4 Å². The van der Waals surface area contributed by atoms with E-state index in [1.54, 1.807) is 13.8 Å². The second-order valence-corrected chi connectivity index (χ2v) is 8.38. The Balaban J connectivity index is 1.45. The minimum Gasteiger partial charge on any atom is -0.388 e. The second-order valence-electron chi connectivity index (χ2n) is 8.38. The van der Waals surface area contributed by atoms with Crippen LogP contribution in [0.2, 0.25) is 0 Å². The van der Waals surface area contributed by atoms with Crippen LogP contribution in [-0.2, 0) is 18.9 Å². The molecule has 5 atom stereocenters. The first-order valence-electron chi connectivity index (χ1n) is 10.9. The first kappa shape index (κ1) is 23.0. The number of fused-ring (bicyclic) bond motifs is 1. The van der Waals surface area contributed by atoms with Gasteiger partial charge in [0.2, 0.25) is 0 Å². The zero-order valence-electron chi connectivity index (χ0n) is 17.4. The van der Waals surface area contributed by atoms with E-state index in [0.717, 1.165) is 12.8 Å². The van der Waals surface area contributed by atoms with Crippen LogP contribution in [0.15, 0.2) is 0 Å². The molecule has 2 N–H and O–H groups in total. The van der Waals surface area contributed by atoms with E-state index in [0.29, 0.717) is 6.61 Å². The van der Waals surface area contributed by atoms with E-state index < -0.39 is 36.5 Å². The van der Waals surface area contributed by atoms with Gasteiger partial charge in [-0.1, -0.05) is 64.7 Å². The van der Waals surface area contributed by atoms with Gasteiger partial charge in [-0.05, 0) is 20.3 Å². The monoisotopic (exact) mass is 388 g/mol. The van der Waals surface area contributed by atoms with Crippen LogP contribution in [0.4, 0.5) is 0 Å². The van der Waals surface area contributed by atoms with E-state index in [1.165, 1.54) is 51.4 Å². The third-order valence-electron chi connectivity index (χ3n) is 5.36. The van der Waals surface area contributed by atoms with Gasteiger partial charge in [0, 0.05) is 6.61 Å². The van der Waals surface area contributed by atoms with Crippen LogP contribution in [0.1, 0.15) is 85.0 Å². The standard InChI is InChI=1S/C21H40O6/c1-4-5-6-7-8-9-10-11-12-13-14-24-15-16(22)18-17(23)19-20(25-18)27-21(2,3)26-19/h16-20,22-23H,4-15H2,1-3H3/t16-,17+,18-,19-,20-/m1/s1. The predicted molar refractivity (Wildman–Crippen MR) is 103 cm³/mol. The van der Waals surface area contributed by atoms with Crippen LogP contribution in [0.25, 0.3) is 0 Å². The molecule has 2 heterocycles. The largest absolute Gasteiger partial charge is 0.388 e. The molecule has 2 aliphatic heterocycles. The van der Waals surface area contributed by atoms with Crippen molar-refractivity contribution in [2.24, 2.45) is 0 Å². The van der Waals surface area contributed by atoms with Gasteiger partial charge in [-0.2, -0.15) is 0 Å². The van der Waals surface area contributed by atoms with E-state index in [9.17, 15) is 10.2 Å². The van der Waals surface area contributed by atoms with E-state index >= 15 is 0 Å². The Morgan fingerprint density at radius 1 is 0.926 bits per heavy atom. The van der Waals surface area contributed by atoms with Gasteiger partial charge in [-0.3, -0.25) is 0 Å². The Morgan fingerprint density at radius 3 is 2.11 bits per heavy atom. The van der Waals surface area contributed by atoms with E-state index in [1.807, 2.05) is 0 Å². The van der Waals surface area contributed by atoms with Crippen LogP contribution >= 0.6 is 0 Å². The summed E-state index contributed by atoms with van der Waals surface area (Å²) < 4.78 is 22.4. The third-order valence-corrected chi connectivity index (χ3v) is 5.36. The number of hydrogen-bond donors (Lipinski definition) is 2. The summed E-state index contributed by atoms with van der Waals surface area (Å²) in [5.74, 6) is -0.766. The molecule has 0 aromatic rings. The van der Waals surface area contributed by atoms with Crippen molar-refractivity contribution in [1.29, 1.82) is 0 Å². The first-order chi connectivity index (χ1) is 12.9.